The van der Waals surface area contributed by atoms with E-state index < -0.39 is 0 Å². The molecule has 1 aromatic rings. The van der Waals surface area contributed by atoms with Crippen molar-refractivity contribution in [3.8, 4) is 0 Å². The summed E-state index contributed by atoms with van der Waals surface area (Å²) in [6, 6.07) is 9.50. The van der Waals surface area contributed by atoms with E-state index in [0.29, 0.717) is 6.54 Å². The fourth-order valence-corrected chi connectivity index (χ4v) is 2.37. The number of carbonyl (C=O) groups excluding carboxylic acids is 1. The SMILES string of the molecule is CC(C(=O)Nc1ccccc1)N1CCC=CC1CN. The molecule has 1 aliphatic heterocycles. The Hall–Kier alpha value is -1.65. The van der Waals surface area contributed by atoms with Crippen LogP contribution in [0.5, 0.6) is 0 Å². The zero-order valence-corrected chi connectivity index (χ0v) is 11.3. The molecule has 0 aliphatic carbocycles. The minimum atomic E-state index is -0.182. The average molecular weight is 259 g/mol. The van der Waals surface area contributed by atoms with Crippen LogP contribution in [0.2, 0.25) is 0 Å². The molecule has 19 heavy (non-hydrogen) atoms. The van der Waals surface area contributed by atoms with Crippen LogP contribution in [-0.2, 0) is 4.79 Å². The number of carbonyl (C=O) groups is 1. The lowest BCUT2D eigenvalue weighted by Gasteiger charge is -2.35. The first kappa shape index (κ1) is 13.8. The lowest BCUT2D eigenvalue weighted by Crippen LogP contribution is -2.51. The van der Waals surface area contributed by atoms with Gasteiger partial charge in [-0.15, -0.1) is 0 Å². The van der Waals surface area contributed by atoms with E-state index in [4.69, 9.17) is 5.73 Å². The van der Waals surface area contributed by atoms with Gasteiger partial charge in [-0.3, -0.25) is 9.69 Å². The minimum Gasteiger partial charge on any atom is -0.329 e. The Labute approximate surface area is 114 Å². The van der Waals surface area contributed by atoms with Crippen molar-refractivity contribution in [2.75, 3.05) is 18.4 Å². The molecule has 4 nitrogen and oxygen atoms in total. The van der Waals surface area contributed by atoms with E-state index in [1.807, 2.05) is 37.3 Å². The second kappa shape index (κ2) is 6.50. The molecule has 0 spiro atoms. The molecule has 0 bridgehead atoms. The third-order valence-corrected chi connectivity index (χ3v) is 3.50. The molecule has 102 valence electrons. The maximum Gasteiger partial charge on any atom is 0.241 e. The van der Waals surface area contributed by atoms with Crippen LogP contribution >= 0.6 is 0 Å². The summed E-state index contributed by atoms with van der Waals surface area (Å²) in [7, 11) is 0. The minimum absolute atomic E-state index is 0.0138. The van der Waals surface area contributed by atoms with Crippen LogP contribution in [0.3, 0.4) is 0 Å². The van der Waals surface area contributed by atoms with E-state index in [0.717, 1.165) is 18.7 Å². The summed E-state index contributed by atoms with van der Waals surface area (Å²) in [5.41, 5.74) is 6.59. The molecule has 2 atom stereocenters. The summed E-state index contributed by atoms with van der Waals surface area (Å²) in [5.74, 6) is 0.0138. The van der Waals surface area contributed by atoms with Crippen molar-refractivity contribution in [1.82, 2.24) is 4.90 Å². The van der Waals surface area contributed by atoms with Crippen LogP contribution in [0, 0.1) is 0 Å². The van der Waals surface area contributed by atoms with Crippen LogP contribution in [-0.4, -0.2) is 36.0 Å². The second-order valence-electron chi connectivity index (χ2n) is 4.79. The van der Waals surface area contributed by atoms with Crippen molar-refractivity contribution in [3.63, 3.8) is 0 Å². The standard InChI is InChI=1S/C15H21N3O/c1-12(18-10-6-5-9-14(18)11-16)15(19)17-13-7-3-2-4-8-13/h2-5,7-9,12,14H,6,10-11,16H2,1H3,(H,17,19). The summed E-state index contributed by atoms with van der Waals surface area (Å²) in [6.07, 6.45) is 5.20. The number of nitrogens with two attached hydrogens (primary N) is 1. The molecule has 1 amide bonds. The summed E-state index contributed by atoms with van der Waals surface area (Å²) in [5, 5.41) is 2.94. The molecule has 0 aromatic heterocycles. The molecule has 4 heteroatoms. The third-order valence-electron chi connectivity index (χ3n) is 3.50. The maximum atomic E-state index is 12.3. The fourth-order valence-electron chi connectivity index (χ4n) is 2.37. The molecular weight excluding hydrogens is 238 g/mol. The highest BCUT2D eigenvalue weighted by Gasteiger charge is 2.27. The predicted octanol–water partition coefficient (Wildman–Crippen LogP) is 1.60. The summed E-state index contributed by atoms with van der Waals surface area (Å²) >= 11 is 0. The largest absolute Gasteiger partial charge is 0.329 e. The Balaban J connectivity index is 2.00. The van der Waals surface area contributed by atoms with E-state index in [1.54, 1.807) is 0 Å². The van der Waals surface area contributed by atoms with Crippen molar-refractivity contribution in [3.05, 3.63) is 42.5 Å². The first-order valence-electron chi connectivity index (χ1n) is 6.70. The molecule has 1 aromatic carbocycles. The number of nitrogens with one attached hydrogen (secondary N) is 1. The molecule has 2 rings (SSSR count). The van der Waals surface area contributed by atoms with Crippen LogP contribution in [0.25, 0.3) is 0 Å². The van der Waals surface area contributed by atoms with Crippen molar-refractivity contribution in [2.45, 2.75) is 25.4 Å². The van der Waals surface area contributed by atoms with Gasteiger partial charge in [0, 0.05) is 24.8 Å². The highest BCUT2D eigenvalue weighted by molar-refractivity contribution is 5.94. The number of amides is 1. The van der Waals surface area contributed by atoms with Crippen LogP contribution in [0.15, 0.2) is 42.5 Å². The lowest BCUT2D eigenvalue weighted by molar-refractivity contribution is -0.121. The van der Waals surface area contributed by atoms with Gasteiger partial charge >= 0.3 is 0 Å². The number of anilines is 1. The normalized spacial score (nSPS) is 21.1. The van der Waals surface area contributed by atoms with Gasteiger partial charge in [0.25, 0.3) is 0 Å². The molecule has 0 saturated carbocycles. The Morgan fingerprint density at radius 3 is 2.89 bits per heavy atom. The Kier molecular flexibility index (Phi) is 4.71. The third kappa shape index (κ3) is 3.43. The second-order valence-corrected chi connectivity index (χ2v) is 4.79. The van der Waals surface area contributed by atoms with Crippen molar-refractivity contribution >= 4 is 11.6 Å². The zero-order chi connectivity index (χ0) is 13.7. The van der Waals surface area contributed by atoms with Gasteiger partial charge in [-0.25, -0.2) is 0 Å². The Morgan fingerprint density at radius 1 is 1.47 bits per heavy atom. The van der Waals surface area contributed by atoms with Gasteiger partial charge in [0.05, 0.1) is 6.04 Å². The van der Waals surface area contributed by atoms with Gasteiger partial charge in [0.2, 0.25) is 5.91 Å². The number of benzene rings is 1. The maximum absolute atomic E-state index is 12.3. The Bertz CT molecular complexity index is 444. The number of hydrogen-bond acceptors (Lipinski definition) is 3. The van der Waals surface area contributed by atoms with E-state index >= 15 is 0 Å². The number of para-hydroxylation sites is 1. The van der Waals surface area contributed by atoms with Gasteiger partial charge in [0.15, 0.2) is 0 Å². The van der Waals surface area contributed by atoms with Crippen LogP contribution in [0.4, 0.5) is 5.69 Å². The first-order chi connectivity index (χ1) is 9.22. The van der Waals surface area contributed by atoms with Gasteiger partial charge in [-0.05, 0) is 25.5 Å². The average Bonchev–Trinajstić information content (AvgIpc) is 2.47. The fraction of sp³-hybridized carbons (Fsp3) is 0.400. The lowest BCUT2D eigenvalue weighted by atomic mass is 10.1. The molecule has 0 saturated heterocycles. The molecule has 1 heterocycles. The van der Waals surface area contributed by atoms with Crippen LogP contribution in [0.1, 0.15) is 13.3 Å². The quantitative estimate of drug-likeness (QED) is 0.808. The van der Waals surface area contributed by atoms with Crippen molar-refractivity contribution in [2.24, 2.45) is 5.73 Å². The van der Waals surface area contributed by atoms with E-state index in [9.17, 15) is 4.79 Å². The highest BCUT2D eigenvalue weighted by Crippen LogP contribution is 2.15. The first-order valence-corrected chi connectivity index (χ1v) is 6.70. The highest BCUT2D eigenvalue weighted by atomic mass is 16.2. The summed E-state index contributed by atoms with van der Waals surface area (Å²) in [4.78, 5) is 14.4. The van der Waals surface area contributed by atoms with E-state index in [2.05, 4.69) is 22.4 Å². The summed E-state index contributed by atoms with van der Waals surface area (Å²) < 4.78 is 0. The molecule has 2 unspecified atom stereocenters. The topological polar surface area (TPSA) is 58.4 Å². The van der Waals surface area contributed by atoms with Gasteiger partial charge in [0.1, 0.15) is 0 Å². The van der Waals surface area contributed by atoms with Crippen LogP contribution < -0.4 is 11.1 Å². The molecule has 0 radical (unpaired) electrons. The number of rotatable bonds is 4. The van der Waals surface area contributed by atoms with Gasteiger partial charge < -0.3 is 11.1 Å². The molecule has 3 N–H and O–H groups in total. The van der Waals surface area contributed by atoms with Gasteiger partial charge in [-0.1, -0.05) is 30.4 Å². The molecular formula is C15H21N3O. The predicted molar refractivity (Wildman–Crippen MR) is 77.8 cm³/mol. The molecule has 1 aliphatic rings. The smallest absolute Gasteiger partial charge is 0.241 e. The summed E-state index contributed by atoms with van der Waals surface area (Å²) in [6.45, 7) is 3.35. The van der Waals surface area contributed by atoms with Gasteiger partial charge in [-0.2, -0.15) is 0 Å². The molecule has 0 fully saturated rings. The van der Waals surface area contributed by atoms with Crippen molar-refractivity contribution in [1.29, 1.82) is 0 Å². The van der Waals surface area contributed by atoms with Crippen molar-refractivity contribution < 1.29 is 4.79 Å². The number of nitrogens with zero attached hydrogens (tertiary/aromatic N) is 1. The monoisotopic (exact) mass is 259 g/mol. The Morgan fingerprint density at radius 2 is 2.21 bits per heavy atom. The van der Waals surface area contributed by atoms with E-state index in [1.165, 1.54) is 0 Å². The number of hydrogen-bond donors (Lipinski definition) is 2. The zero-order valence-electron chi connectivity index (χ0n) is 11.3. The van der Waals surface area contributed by atoms with E-state index in [-0.39, 0.29) is 18.0 Å².